The first kappa shape index (κ1) is 27.6. The Labute approximate surface area is 230 Å². The molecule has 202 valence electrons. The number of oxime groups is 1. The van der Waals surface area contributed by atoms with Crippen molar-refractivity contribution in [2.45, 2.75) is 18.0 Å². The number of hydrogen-bond acceptors (Lipinski definition) is 14. The smallest absolute Gasteiger partial charge is 0.353 e. The first-order valence-corrected chi connectivity index (χ1v) is 12.9. The highest BCUT2D eigenvalue weighted by atomic mass is 32.2. The number of thiocarbonyl (C=S) groups is 1. The molecule has 2 aromatic rings. The number of rotatable bonds is 9. The summed E-state index contributed by atoms with van der Waals surface area (Å²) >= 11 is 7.08. The lowest BCUT2D eigenvalue weighted by Gasteiger charge is -2.49. The van der Waals surface area contributed by atoms with E-state index in [0.29, 0.717) is 10.9 Å². The van der Waals surface area contributed by atoms with Gasteiger partial charge < -0.3 is 25.8 Å². The molecule has 0 aromatic carbocycles. The van der Waals surface area contributed by atoms with Crippen LogP contribution in [0.25, 0.3) is 5.57 Å². The van der Waals surface area contributed by atoms with Gasteiger partial charge in [-0.25, -0.2) is 14.9 Å². The maximum absolute atomic E-state index is 13.1. The lowest BCUT2D eigenvalue weighted by atomic mass is 9.98. The van der Waals surface area contributed by atoms with Gasteiger partial charge in [-0.1, -0.05) is 5.16 Å². The zero-order valence-electron chi connectivity index (χ0n) is 19.6. The molecule has 1 saturated heterocycles. The normalized spacial score (nSPS) is 18.5. The number of nitrogens with one attached hydrogen (secondary N) is 2. The molecule has 5 N–H and O–H groups in total. The Hall–Kier alpha value is -4.45. The van der Waals surface area contributed by atoms with Crippen LogP contribution in [-0.2, 0) is 30.6 Å². The Bertz CT molecular complexity index is 1630. The van der Waals surface area contributed by atoms with Crippen molar-refractivity contribution in [1.29, 1.82) is 0 Å². The molecule has 2 atom stereocenters. The number of allylic oxidation sites excluding steroid dienone is 1. The topological polar surface area (TPSA) is 232 Å². The highest BCUT2D eigenvalue weighted by Crippen LogP contribution is 2.43. The van der Waals surface area contributed by atoms with Gasteiger partial charge in [0.25, 0.3) is 11.8 Å². The van der Waals surface area contributed by atoms with Crippen molar-refractivity contribution in [3.63, 3.8) is 0 Å². The van der Waals surface area contributed by atoms with Gasteiger partial charge in [-0.2, -0.15) is 5.10 Å². The predicted molar refractivity (Wildman–Crippen MR) is 141 cm³/mol. The fraction of sp³-hybridized carbons (Fsp3) is 0.250. The summed E-state index contributed by atoms with van der Waals surface area (Å²) in [6, 6.07) is -1.13. The molecule has 2 aliphatic rings. The number of aldehydes is 1. The number of amides is 2. The average Bonchev–Trinajstić information content (AvgIpc) is 3.34. The second-order valence-electron chi connectivity index (χ2n) is 7.62. The first-order chi connectivity index (χ1) is 18.6. The number of H-pyrrole nitrogens is 1. The molecule has 16 nitrogen and oxygen atoms in total. The lowest BCUT2D eigenvalue weighted by molar-refractivity contribution is -0.150. The molecule has 2 aliphatic heterocycles. The molecule has 0 radical (unpaired) electrons. The third kappa shape index (κ3) is 4.90. The van der Waals surface area contributed by atoms with Crippen molar-refractivity contribution in [2.75, 3.05) is 18.6 Å². The molecule has 0 spiro atoms. The summed E-state index contributed by atoms with van der Waals surface area (Å²) in [5, 5.41) is 25.1. The number of nitrogens with zero attached hydrogens (tertiary/aromatic N) is 5. The number of aromatic nitrogens is 4. The quantitative estimate of drug-likeness (QED) is 0.0613. The molecule has 1 fully saturated rings. The molecule has 2 amide bonds. The third-order valence-corrected chi connectivity index (χ3v) is 7.62. The van der Waals surface area contributed by atoms with E-state index in [4.69, 9.17) is 22.8 Å². The molecule has 2 unspecified atom stereocenters. The van der Waals surface area contributed by atoms with Crippen LogP contribution in [0.2, 0.25) is 0 Å². The van der Waals surface area contributed by atoms with Gasteiger partial charge in [-0.3, -0.25) is 28.6 Å². The highest BCUT2D eigenvalue weighted by Gasteiger charge is 2.55. The minimum atomic E-state index is -1.51. The maximum Gasteiger partial charge on any atom is 0.353 e. The summed E-state index contributed by atoms with van der Waals surface area (Å²) in [6.45, 7) is -0.566. The van der Waals surface area contributed by atoms with Crippen LogP contribution in [0.3, 0.4) is 0 Å². The van der Waals surface area contributed by atoms with E-state index in [0.717, 1.165) is 28.0 Å². The number of aliphatic carboxylic acids is 1. The van der Waals surface area contributed by atoms with Crippen LogP contribution in [-0.4, -0.2) is 88.8 Å². The lowest BCUT2D eigenvalue weighted by Crippen LogP contribution is -2.71. The van der Waals surface area contributed by atoms with E-state index < -0.39 is 52.6 Å². The second-order valence-corrected chi connectivity index (χ2v) is 9.82. The Morgan fingerprint density at radius 1 is 1.44 bits per heavy atom. The van der Waals surface area contributed by atoms with Crippen LogP contribution in [0.15, 0.2) is 31.4 Å². The Morgan fingerprint density at radius 3 is 2.77 bits per heavy atom. The van der Waals surface area contributed by atoms with E-state index in [1.165, 1.54) is 12.5 Å². The number of β-lactam (4-membered cyclic amide) rings is 1. The number of carboxylic acids is 1. The van der Waals surface area contributed by atoms with Crippen molar-refractivity contribution >= 4 is 80.8 Å². The van der Waals surface area contributed by atoms with Crippen molar-refractivity contribution in [3.8, 4) is 0 Å². The van der Waals surface area contributed by atoms with Crippen molar-refractivity contribution in [3.05, 3.63) is 48.9 Å². The van der Waals surface area contributed by atoms with Crippen molar-refractivity contribution < 1.29 is 29.1 Å². The molecule has 0 aliphatic carbocycles. The van der Waals surface area contributed by atoms with E-state index in [1.54, 1.807) is 0 Å². The van der Waals surface area contributed by atoms with Gasteiger partial charge in [0.05, 0.1) is 12.1 Å². The molecule has 39 heavy (non-hydrogen) atoms. The minimum Gasteiger partial charge on any atom is -0.477 e. The van der Waals surface area contributed by atoms with Crippen LogP contribution >= 0.6 is 35.3 Å². The zero-order valence-corrected chi connectivity index (χ0v) is 22.0. The van der Waals surface area contributed by atoms with E-state index in [9.17, 15) is 33.9 Å². The number of fused-ring (bicyclic) bond motifs is 1. The number of aromatic amines is 1. The molecule has 19 heteroatoms. The Kier molecular flexibility index (Phi) is 7.86. The third-order valence-electron chi connectivity index (χ3n) is 5.46. The number of hydrogen-bond donors (Lipinski definition) is 4. The number of nitrogens with two attached hydrogens (primary N) is 1. The van der Waals surface area contributed by atoms with Gasteiger partial charge in [0, 0.05) is 16.7 Å². The number of thiazole rings is 1. The van der Waals surface area contributed by atoms with Gasteiger partial charge in [0.2, 0.25) is 0 Å². The first-order valence-electron chi connectivity index (χ1n) is 10.6. The number of thioether (sulfide) groups is 1. The molecule has 0 saturated carbocycles. The minimum absolute atomic E-state index is 0.0324. The predicted octanol–water partition coefficient (Wildman–Crippen LogP) is -2.06. The monoisotopic (exact) mass is 592 g/mol. The standard InChI is InChI=1S/C20H16N8O8S3/c1-36-26-10(9-6-39-20(21)22-9)14(30)23-11-16(32)28-12(19(34)35)8(5-38-18(11)28)7(4-37)13-24-25-15(31)17(33)27(13)2-3-29/h3,6,11,18H,2,5H2,1H3,(H2,21,22)(H,23,30)(H,25,31)(H,34,35). The van der Waals surface area contributed by atoms with Crippen LogP contribution in [0.4, 0.5) is 5.13 Å². The van der Waals surface area contributed by atoms with Crippen molar-refractivity contribution in [1.82, 2.24) is 30.0 Å². The molecular weight excluding hydrogens is 576 g/mol. The summed E-state index contributed by atoms with van der Waals surface area (Å²) in [7, 11) is 1.22. The molecule has 4 rings (SSSR count). The largest absolute Gasteiger partial charge is 0.477 e. The number of carboxylic acid groups (broad SMARTS) is 1. The van der Waals surface area contributed by atoms with Crippen LogP contribution in [0.1, 0.15) is 11.5 Å². The molecular formula is C20H16N8O8S3. The summed E-state index contributed by atoms with van der Waals surface area (Å²) in [4.78, 5) is 83.1. The number of nitrogen functional groups attached to an aromatic ring is 1. The highest BCUT2D eigenvalue weighted by molar-refractivity contribution is 8.00. The number of carbonyl (C=O) groups is 4. The van der Waals surface area contributed by atoms with Crippen molar-refractivity contribution in [2.24, 2.45) is 5.16 Å². The van der Waals surface area contributed by atoms with E-state index in [-0.39, 0.29) is 39.3 Å². The van der Waals surface area contributed by atoms with Gasteiger partial charge in [0.15, 0.2) is 16.7 Å². The fourth-order valence-electron chi connectivity index (χ4n) is 3.82. The molecule has 0 bridgehead atoms. The number of anilines is 1. The molecule has 4 heterocycles. The van der Waals surface area contributed by atoms with E-state index in [1.807, 2.05) is 5.10 Å². The van der Waals surface area contributed by atoms with Gasteiger partial charge in [-0.15, -0.1) is 23.1 Å². The average molecular weight is 593 g/mol. The van der Waals surface area contributed by atoms with Crippen LogP contribution in [0.5, 0.6) is 0 Å². The Balaban J connectivity index is 1.68. The van der Waals surface area contributed by atoms with Gasteiger partial charge in [0.1, 0.15) is 36.2 Å². The van der Waals surface area contributed by atoms with Gasteiger partial charge >= 0.3 is 17.1 Å². The maximum atomic E-state index is 13.1. The molecule has 2 aromatic heterocycles. The Morgan fingerprint density at radius 2 is 2.18 bits per heavy atom. The van der Waals surface area contributed by atoms with E-state index in [2.05, 4.69) is 25.6 Å². The van der Waals surface area contributed by atoms with Crippen LogP contribution in [0, 0.1) is 0 Å². The van der Waals surface area contributed by atoms with Crippen LogP contribution < -0.4 is 22.2 Å². The van der Waals surface area contributed by atoms with E-state index >= 15 is 0 Å². The number of carbonyl (C=O) groups excluding carboxylic acids is 3. The summed E-state index contributed by atoms with van der Waals surface area (Å²) in [5.41, 5.74) is 2.57. The second kappa shape index (κ2) is 11.1. The fourth-order valence-corrected chi connectivity index (χ4v) is 5.94. The zero-order chi connectivity index (χ0) is 28.4. The summed E-state index contributed by atoms with van der Waals surface area (Å²) in [5.74, 6) is -3.45. The SMILES string of the molecule is CON=C(C(=O)NC1C(=O)N2C(C(=O)O)=C(C(=C=S)c3n[nH]c(=O)c(=O)n3CC=O)CSC12)c1csc(N)n1. The van der Waals surface area contributed by atoms with Gasteiger partial charge in [-0.05, 0) is 17.2 Å². The summed E-state index contributed by atoms with van der Waals surface area (Å²) < 4.78 is 0.715. The summed E-state index contributed by atoms with van der Waals surface area (Å²) in [6.07, 6.45) is 0.346.